The average molecular weight is 278 g/mol. The van der Waals surface area contributed by atoms with E-state index in [4.69, 9.17) is 10.5 Å². The van der Waals surface area contributed by atoms with Crippen LogP contribution in [0, 0.1) is 0 Å². The van der Waals surface area contributed by atoms with Crippen molar-refractivity contribution in [2.24, 2.45) is 5.73 Å². The minimum atomic E-state index is 0.298. The van der Waals surface area contributed by atoms with E-state index >= 15 is 0 Å². The molecule has 0 saturated carbocycles. The monoisotopic (exact) mass is 278 g/mol. The molecule has 0 amide bonds. The van der Waals surface area contributed by atoms with E-state index < -0.39 is 0 Å². The minimum Gasteiger partial charge on any atom is -0.494 e. The second-order valence-corrected chi connectivity index (χ2v) is 5.36. The number of ether oxygens (including phenoxy) is 1. The van der Waals surface area contributed by atoms with Gasteiger partial charge in [-0.15, -0.1) is 0 Å². The van der Waals surface area contributed by atoms with Crippen molar-refractivity contribution in [2.75, 3.05) is 26.7 Å². The number of rotatable bonds is 10. The van der Waals surface area contributed by atoms with Gasteiger partial charge in [0.25, 0.3) is 0 Å². The number of benzene rings is 1. The lowest BCUT2D eigenvalue weighted by molar-refractivity contribution is 0.244. The Labute approximate surface area is 124 Å². The molecule has 1 unspecified atom stereocenters. The van der Waals surface area contributed by atoms with E-state index in [1.807, 2.05) is 12.1 Å². The zero-order chi connectivity index (χ0) is 14.8. The maximum absolute atomic E-state index is 5.96. The van der Waals surface area contributed by atoms with Crippen LogP contribution in [0.4, 0.5) is 0 Å². The summed E-state index contributed by atoms with van der Waals surface area (Å²) < 4.78 is 5.62. The highest BCUT2D eigenvalue weighted by molar-refractivity contribution is 5.29. The summed E-state index contributed by atoms with van der Waals surface area (Å²) in [6.07, 6.45) is 4.81. The lowest BCUT2D eigenvalue weighted by Crippen LogP contribution is -2.31. The number of unbranched alkanes of at least 4 members (excludes halogenated alkanes) is 2. The van der Waals surface area contributed by atoms with Gasteiger partial charge in [0.1, 0.15) is 5.75 Å². The Kier molecular flexibility index (Phi) is 8.31. The summed E-state index contributed by atoms with van der Waals surface area (Å²) in [5.41, 5.74) is 7.23. The minimum absolute atomic E-state index is 0.298. The van der Waals surface area contributed by atoms with E-state index in [1.165, 1.54) is 24.8 Å². The van der Waals surface area contributed by atoms with Crippen LogP contribution in [0.2, 0.25) is 0 Å². The first kappa shape index (κ1) is 17.0. The summed E-state index contributed by atoms with van der Waals surface area (Å²) in [6.45, 7) is 6.87. The van der Waals surface area contributed by atoms with Crippen molar-refractivity contribution in [2.45, 2.75) is 45.6 Å². The molecule has 0 bridgehead atoms. The Morgan fingerprint density at radius 3 is 2.35 bits per heavy atom. The maximum atomic E-state index is 5.96. The number of nitrogens with two attached hydrogens (primary N) is 1. The van der Waals surface area contributed by atoms with E-state index in [-0.39, 0.29) is 0 Å². The molecule has 0 heterocycles. The van der Waals surface area contributed by atoms with Gasteiger partial charge >= 0.3 is 0 Å². The topological polar surface area (TPSA) is 38.5 Å². The van der Waals surface area contributed by atoms with Crippen LogP contribution >= 0.6 is 0 Å². The second kappa shape index (κ2) is 9.78. The number of hydrogen-bond acceptors (Lipinski definition) is 3. The molecular weight excluding hydrogens is 248 g/mol. The Morgan fingerprint density at radius 2 is 1.80 bits per heavy atom. The van der Waals surface area contributed by atoms with Crippen LogP contribution in [0.1, 0.15) is 51.1 Å². The van der Waals surface area contributed by atoms with Crippen LogP contribution in [0.25, 0.3) is 0 Å². The van der Waals surface area contributed by atoms with Gasteiger partial charge in [0, 0.05) is 12.6 Å². The molecule has 0 radical (unpaired) electrons. The smallest absolute Gasteiger partial charge is 0.119 e. The summed E-state index contributed by atoms with van der Waals surface area (Å²) in [4.78, 5) is 2.36. The van der Waals surface area contributed by atoms with E-state index in [1.54, 1.807) is 0 Å². The quantitative estimate of drug-likeness (QED) is 0.665. The molecule has 0 aliphatic heterocycles. The molecule has 0 aromatic heterocycles. The van der Waals surface area contributed by atoms with Crippen LogP contribution in [-0.2, 0) is 0 Å². The molecule has 1 aromatic rings. The van der Waals surface area contributed by atoms with Gasteiger partial charge in [-0.05, 0) is 44.1 Å². The predicted molar refractivity (Wildman–Crippen MR) is 86.2 cm³/mol. The molecule has 1 rings (SSSR count). The first-order valence-corrected chi connectivity index (χ1v) is 7.86. The zero-order valence-corrected chi connectivity index (χ0v) is 13.3. The molecule has 0 aliphatic carbocycles. The third-order valence-electron chi connectivity index (χ3n) is 3.61. The number of hydrogen-bond donors (Lipinski definition) is 1. The van der Waals surface area contributed by atoms with Gasteiger partial charge in [-0.3, -0.25) is 4.90 Å². The molecule has 2 N–H and O–H groups in total. The molecule has 3 heteroatoms. The largest absolute Gasteiger partial charge is 0.494 e. The fourth-order valence-electron chi connectivity index (χ4n) is 2.34. The van der Waals surface area contributed by atoms with Crippen LogP contribution in [0.15, 0.2) is 24.3 Å². The molecule has 0 spiro atoms. The van der Waals surface area contributed by atoms with E-state index in [0.29, 0.717) is 12.6 Å². The van der Waals surface area contributed by atoms with E-state index in [9.17, 15) is 0 Å². The molecule has 114 valence electrons. The standard InChI is InChI=1S/C17H30N2O/c1-4-6-7-12-19(3)17(14-18)15-8-10-16(11-9-15)20-13-5-2/h8-11,17H,4-7,12-14,18H2,1-3H3. The summed E-state index contributed by atoms with van der Waals surface area (Å²) in [7, 11) is 2.16. The molecule has 0 saturated heterocycles. The summed E-state index contributed by atoms with van der Waals surface area (Å²) in [5.74, 6) is 0.944. The maximum Gasteiger partial charge on any atom is 0.119 e. The van der Waals surface area contributed by atoms with Gasteiger partial charge in [-0.25, -0.2) is 0 Å². The Morgan fingerprint density at radius 1 is 1.10 bits per heavy atom. The van der Waals surface area contributed by atoms with Gasteiger partial charge in [0.2, 0.25) is 0 Å². The Bertz CT molecular complexity index is 351. The van der Waals surface area contributed by atoms with Gasteiger partial charge in [-0.2, -0.15) is 0 Å². The molecule has 1 aromatic carbocycles. The Balaban J connectivity index is 2.59. The van der Waals surface area contributed by atoms with Crippen LogP contribution in [0.3, 0.4) is 0 Å². The predicted octanol–water partition coefficient (Wildman–Crippen LogP) is 3.60. The molecule has 0 fully saturated rings. The average Bonchev–Trinajstić information content (AvgIpc) is 2.47. The van der Waals surface area contributed by atoms with Crippen LogP contribution < -0.4 is 10.5 Å². The second-order valence-electron chi connectivity index (χ2n) is 5.36. The highest BCUT2D eigenvalue weighted by Crippen LogP contribution is 2.22. The van der Waals surface area contributed by atoms with Crippen molar-refractivity contribution in [3.8, 4) is 5.75 Å². The number of likely N-dealkylation sites (N-methyl/N-ethyl adjacent to an activating group) is 1. The van der Waals surface area contributed by atoms with Gasteiger partial charge < -0.3 is 10.5 Å². The molecule has 0 aliphatic rings. The van der Waals surface area contributed by atoms with Gasteiger partial charge in [-0.1, -0.05) is 38.8 Å². The van der Waals surface area contributed by atoms with Crippen molar-refractivity contribution in [1.82, 2.24) is 4.90 Å². The van der Waals surface area contributed by atoms with Crippen molar-refractivity contribution in [3.63, 3.8) is 0 Å². The molecule has 3 nitrogen and oxygen atoms in total. The first-order valence-electron chi connectivity index (χ1n) is 7.86. The van der Waals surface area contributed by atoms with E-state index in [0.717, 1.165) is 25.3 Å². The highest BCUT2D eigenvalue weighted by Gasteiger charge is 2.14. The lowest BCUT2D eigenvalue weighted by Gasteiger charge is -2.27. The van der Waals surface area contributed by atoms with Crippen LogP contribution in [0.5, 0.6) is 5.75 Å². The first-order chi connectivity index (χ1) is 9.72. The normalized spacial score (nSPS) is 12.7. The van der Waals surface area contributed by atoms with Crippen molar-refractivity contribution < 1.29 is 4.74 Å². The molecule has 1 atom stereocenters. The van der Waals surface area contributed by atoms with Crippen molar-refractivity contribution >= 4 is 0 Å². The lowest BCUT2D eigenvalue weighted by atomic mass is 10.1. The van der Waals surface area contributed by atoms with Crippen molar-refractivity contribution in [3.05, 3.63) is 29.8 Å². The summed E-state index contributed by atoms with van der Waals surface area (Å²) >= 11 is 0. The SMILES string of the molecule is CCCCCN(C)C(CN)c1ccc(OCCC)cc1. The number of nitrogens with zero attached hydrogens (tertiary/aromatic N) is 1. The van der Waals surface area contributed by atoms with Gasteiger partial charge in [0.15, 0.2) is 0 Å². The third-order valence-corrected chi connectivity index (χ3v) is 3.61. The fraction of sp³-hybridized carbons (Fsp3) is 0.647. The molecule has 20 heavy (non-hydrogen) atoms. The third kappa shape index (κ3) is 5.51. The highest BCUT2D eigenvalue weighted by atomic mass is 16.5. The van der Waals surface area contributed by atoms with Gasteiger partial charge in [0.05, 0.1) is 6.61 Å². The summed E-state index contributed by atoms with van der Waals surface area (Å²) in [5, 5.41) is 0. The fourth-order valence-corrected chi connectivity index (χ4v) is 2.34. The van der Waals surface area contributed by atoms with Crippen molar-refractivity contribution in [1.29, 1.82) is 0 Å². The van der Waals surface area contributed by atoms with E-state index in [2.05, 4.69) is 37.9 Å². The van der Waals surface area contributed by atoms with Crippen LogP contribution in [-0.4, -0.2) is 31.6 Å². The summed E-state index contributed by atoms with van der Waals surface area (Å²) in [6, 6.07) is 8.67. The molecular formula is C17H30N2O. The Hall–Kier alpha value is -1.06. The zero-order valence-electron chi connectivity index (χ0n) is 13.3.